The third kappa shape index (κ3) is 5.95. The number of anilines is 2. The molecule has 5 nitrogen and oxygen atoms in total. The van der Waals surface area contributed by atoms with Crippen LogP contribution < -0.4 is 10.6 Å². The van der Waals surface area contributed by atoms with Gasteiger partial charge in [-0.1, -0.05) is 19.1 Å². The average molecular weight is 340 g/mol. The summed E-state index contributed by atoms with van der Waals surface area (Å²) in [5.41, 5.74) is 3.42. The van der Waals surface area contributed by atoms with Crippen LogP contribution in [0.15, 0.2) is 48.5 Å². The van der Waals surface area contributed by atoms with Crippen molar-refractivity contribution < 1.29 is 14.3 Å². The van der Waals surface area contributed by atoms with Crippen LogP contribution in [0.2, 0.25) is 0 Å². The van der Waals surface area contributed by atoms with Gasteiger partial charge >= 0.3 is 5.97 Å². The average Bonchev–Trinajstić information content (AvgIpc) is 2.63. The molecule has 0 spiro atoms. The van der Waals surface area contributed by atoms with Gasteiger partial charge in [0.15, 0.2) is 0 Å². The van der Waals surface area contributed by atoms with Gasteiger partial charge in [0.05, 0.1) is 12.2 Å². The van der Waals surface area contributed by atoms with Gasteiger partial charge in [0.2, 0.25) is 5.91 Å². The first-order chi connectivity index (χ1) is 12.1. The van der Waals surface area contributed by atoms with E-state index in [-0.39, 0.29) is 11.9 Å². The lowest BCUT2D eigenvalue weighted by atomic mass is 10.1. The Hall–Kier alpha value is -2.82. The molecule has 1 amide bonds. The van der Waals surface area contributed by atoms with Crippen molar-refractivity contribution in [2.75, 3.05) is 23.8 Å². The van der Waals surface area contributed by atoms with E-state index < -0.39 is 0 Å². The van der Waals surface area contributed by atoms with E-state index in [4.69, 9.17) is 4.74 Å². The summed E-state index contributed by atoms with van der Waals surface area (Å²) in [4.78, 5) is 23.5. The summed E-state index contributed by atoms with van der Waals surface area (Å²) in [5, 5.41) is 6.04. The van der Waals surface area contributed by atoms with Gasteiger partial charge in [0, 0.05) is 24.3 Å². The predicted molar refractivity (Wildman–Crippen MR) is 100.0 cm³/mol. The molecule has 0 atom stereocenters. The van der Waals surface area contributed by atoms with Crippen molar-refractivity contribution in [2.45, 2.75) is 26.7 Å². The van der Waals surface area contributed by atoms with E-state index in [0.717, 1.165) is 17.8 Å². The van der Waals surface area contributed by atoms with Crippen LogP contribution in [0.5, 0.6) is 0 Å². The fourth-order valence-electron chi connectivity index (χ4n) is 2.31. The molecule has 0 aliphatic heterocycles. The third-order valence-electron chi connectivity index (χ3n) is 3.72. The monoisotopic (exact) mass is 340 g/mol. The number of esters is 1. The largest absolute Gasteiger partial charge is 0.462 e. The molecule has 0 heterocycles. The fourth-order valence-corrected chi connectivity index (χ4v) is 2.31. The molecular formula is C20H24N2O3. The number of rotatable bonds is 8. The number of ether oxygens (including phenoxy) is 1. The molecule has 0 aliphatic rings. The third-order valence-corrected chi connectivity index (χ3v) is 3.72. The second-order valence-electron chi connectivity index (χ2n) is 5.57. The molecule has 0 radical (unpaired) electrons. The summed E-state index contributed by atoms with van der Waals surface area (Å²) in [6.45, 7) is 4.74. The summed E-state index contributed by atoms with van der Waals surface area (Å²) in [7, 11) is 0. The van der Waals surface area contributed by atoms with Crippen LogP contribution in [0, 0.1) is 0 Å². The maximum atomic E-state index is 12.0. The minimum Gasteiger partial charge on any atom is -0.462 e. The number of aryl methyl sites for hydroxylation is 1. The summed E-state index contributed by atoms with van der Waals surface area (Å²) in [5.74, 6) is -0.373. The normalized spacial score (nSPS) is 10.2. The summed E-state index contributed by atoms with van der Waals surface area (Å²) in [6, 6.07) is 14.9. The van der Waals surface area contributed by atoms with Crippen molar-refractivity contribution in [3.63, 3.8) is 0 Å². The number of amides is 1. The minimum atomic E-state index is -0.331. The van der Waals surface area contributed by atoms with E-state index in [1.807, 2.05) is 24.3 Å². The molecule has 0 bridgehead atoms. The molecule has 0 saturated carbocycles. The molecular weight excluding hydrogens is 316 g/mol. The van der Waals surface area contributed by atoms with E-state index in [1.54, 1.807) is 31.2 Å². The first-order valence-corrected chi connectivity index (χ1v) is 8.52. The lowest BCUT2D eigenvalue weighted by Gasteiger charge is -2.09. The summed E-state index contributed by atoms with van der Waals surface area (Å²) in [6.07, 6.45) is 1.34. The van der Waals surface area contributed by atoms with Crippen LogP contribution in [0.3, 0.4) is 0 Å². The molecule has 0 aromatic heterocycles. The fraction of sp³-hybridized carbons (Fsp3) is 0.300. The van der Waals surface area contributed by atoms with Gasteiger partial charge in [0.1, 0.15) is 0 Å². The molecule has 0 saturated heterocycles. The van der Waals surface area contributed by atoms with Crippen LogP contribution in [0.25, 0.3) is 0 Å². The Morgan fingerprint density at radius 2 is 1.56 bits per heavy atom. The molecule has 0 unspecified atom stereocenters. The Balaban J connectivity index is 1.75. The topological polar surface area (TPSA) is 67.4 Å². The molecule has 0 fully saturated rings. The second kappa shape index (κ2) is 9.47. The van der Waals surface area contributed by atoms with Crippen molar-refractivity contribution >= 4 is 23.3 Å². The van der Waals surface area contributed by atoms with Crippen LogP contribution >= 0.6 is 0 Å². The van der Waals surface area contributed by atoms with Gasteiger partial charge in [-0.3, -0.25) is 4.79 Å². The highest BCUT2D eigenvalue weighted by atomic mass is 16.5. The summed E-state index contributed by atoms with van der Waals surface area (Å²) < 4.78 is 4.94. The predicted octanol–water partition coefficient (Wildman–Crippen LogP) is 3.87. The van der Waals surface area contributed by atoms with Gasteiger partial charge in [-0.2, -0.15) is 0 Å². The van der Waals surface area contributed by atoms with Gasteiger partial charge in [-0.25, -0.2) is 4.79 Å². The SMILES string of the molecule is CCOC(=O)c1ccc(NCCC(=O)Nc2ccc(CC)cc2)cc1. The van der Waals surface area contributed by atoms with Crippen LogP contribution in [0.1, 0.15) is 36.2 Å². The highest BCUT2D eigenvalue weighted by Gasteiger charge is 2.06. The molecule has 2 rings (SSSR count). The first-order valence-electron chi connectivity index (χ1n) is 8.52. The van der Waals surface area contributed by atoms with Crippen molar-refractivity contribution in [2.24, 2.45) is 0 Å². The van der Waals surface area contributed by atoms with Gasteiger partial charge < -0.3 is 15.4 Å². The zero-order valence-corrected chi connectivity index (χ0v) is 14.7. The highest BCUT2D eigenvalue weighted by Crippen LogP contribution is 2.12. The van der Waals surface area contributed by atoms with Crippen molar-refractivity contribution in [3.05, 3.63) is 59.7 Å². The van der Waals surface area contributed by atoms with E-state index >= 15 is 0 Å². The number of benzene rings is 2. The smallest absolute Gasteiger partial charge is 0.338 e. The molecule has 2 N–H and O–H groups in total. The number of carbonyl (C=O) groups is 2. The Bertz CT molecular complexity index is 694. The Labute approximate surface area is 148 Å². The second-order valence-corrected chi connectivity index (χ2v) is 5.57. The summed E-state index contributed by atoms with van der Waals surface area (Å²) >= 11 is 0. The Kier molecular flexibility index (Phi) is 7.01. The number of hydrogen-bond donors (Lipinski definition) is 2. The Morgan fingerprint density at radius 3 is 2.16 bits per heavy atom. The molecule has 5 heteroatoms. The van der Waals surface area contributed by atoms with E-state index in [0.29, 0.717) is 25.1 Å². The van der Waals surface area contributed by atoms with Crippen LogP contribution in [0.4, 0.5) is 11.4 Å². The lowest BCUT2D eigenvalue weighted by molar-refractivity contribution is -0.115. The molecule has 2 aromatic rings. The highest BCUT2D eigenvalue weighted by molar-refractivity contribution is 5.91. The Morgan fingerprint density at radius 1 is 0.920 bits per heavy atom. The first kappa shape index (κ1) is 18.5. The van der Waals surface area contributed by atoms with E-state index in [9.17, 15) is 9.59 Å². The van der Waals surface area contributed by atoms with Crippen molar-refractivity contribution in [1.29, 1.82) is 0 Å². The van der Waals surface area contributed by atoms with E-state index in [1.165, 1.54) is 5.56 Å². The minimum absolute atomic E-state index is 0.0418. The molecule has 0 aliphatic carbocycles. The standard InChI is InChI=1S/C20H24N2O3/c1-3-15-5-9-18(10-6-15)22-19(23)13-14-21-17-11-7-16(8-12-17)20(24)25-4-2/h5-12,21H,3-4,13-14H2,1-2H3,(H,22,23). The number of nitrogens with one attached hydrogen (secondary N) is 2. The van der Waals surface area contributed by atoms with Crippen molar-refractivity contribution in [1.82, 2.24) is 0 Å². The number of hydrogen-bond acceptors (Lipinski definition) is 4. The maximum Gasteiger partial charge on any atom is 0.338 e. The lowest BCUT2D eigenvalue weighted by Crippen LogP contribution is -2.16. The zero-order chi connectivity index (χ0) is 18.1. The maximum absolute atomic E-state index is 12.0. The number of carbonyl (C=O) groups excluding carboxylic acids is 2. The van der Waals surface area contributed by atoms with Gasteiger partial charge in [0.25, 0.3) is 0 Å². The van der Waals surface area contributed by atoms with E-state index in [2.05, 4.69) is 17.6 Å². The van der Waals surface area contributed by atoms with Crippen molar-refractivity contribution in [3.8, 4) is 0 Å². The molecule has 2 aromatic carbocycles. The van der Waals surface area contributed by atoms with Crippen LogP contribution in [-0.2, 0) is 16.0 Å². The zero-order valence-electron chi connectivity index (χ0n) is 14.7. The van der Waals surface area contributed by atoms with Gasteiger partial charge in [-0.15, -0.1) is 0 Å². The van der Waals surface area contributed by atoms with Crippen LogP contribution in [-0.4, -0.2) is 25.0 Å². The molecule has 25 heavy (non-hydrogen) atoms. The molecule has 132 valence electrons. The van der Waals surface area contributed by atoms with Gasteiger partial charge in [-0.05, 0) is 55.3 Å². The quantitative estimate of drug-likeness (QED) is 0.716.